The lowest BCUT2D eigenvalue weighted by Gasteiger charge is -2.26. The number of para-hydroxylation sites is 1. The number of hydrogen-bond donors (Lipinski definition) is 1. The summed E-state index contributed by atoms with van der Waals surface area (Å²) in [5.74, 6) is -0.269. The second-order valence-electron chi connectivity index (χ2n) is 7.17. The van der Waals surface area contributed by atoms with Gasteiger partial charge in [-0.1, -0.05) is 29.8 Å². The molecule has 1 fully saturated rings. The van der Waals surface area contributed by atoms with E-state index in [4.69, 9.17) is 16.3 Å². The Kier molecular flexibility index (Phi) is 5.84. The number of hydrogen-bond acceptors (Lipinski definition) is 4. The average molecular weight is 448 g/mol. The first-order valence-electron chi connectivity index (χ1n) is 9.56. The summed E-state index contributed by atoms with van der Waals surface area (Å²) in [5.41, 5.74) is 2.20. The summed E-state index contributed by atoms with van der Waals surface area (Å²) in [6.45, 7) is 1.32. The number of rotatable bonds is 5. The van der Waals surface area contributed by atoms with Crippen LogP contribution < -0.4 is 5.32 Å². The maximum absolute atomic E-state index is 12.9. The molecule has 0 spiro atoms. The van der Waals surface area contributed by atoms with Gasteiger partial charge in [-0.05, 0) is 29.8 Å². The predicted molar refractivity (Wildman–Crippen MR) is 116 cm³/mol. The summed E-state index contributed by atoms with van der Waals surface area (Å²) in [6.07, 6.45) is 2.07. The number of fused-ring (bicyclic) bond motifs is 1. The monoisotopic (exact) mass is 447 g/mol. The van der Waals surface area contributed by atoms with Crippen LogP contribution in [0.15, 0.2) is 53.6 Å². The summed E-state index contributed by atoms with van der Waals surface area (Å²) < 4.78 is 34.4. The van der Waals surface area contributed by atoms with E-state index in [1.165, 1.54) is 22.5 Å². The molecule has 0 unspecified atom stereocenters. The van der Waals surface area contributed by atoms with E-state index >= 15 is 0 Å². The summed E-state index contributed by atoms with van der Waals surface area (Å²) in [4.78, 5) is 12.8. The van der Waals surface area contributed by atoms with Gasteiger partial charge >= 0.3 is 0 Å². The molecular formula is C21H22ClN3O4S. The van der Waals surface area contributed by atoms with Gasteiger partial charge in [-0.2, -0.15) is 4.31 Å². The maximum Gasteiger partial charge on any atom is 0.243 e. The number of carbonyl (C=O) groups is 1. The fraction of sp³-hybridized carbons (Fsp3) is 0.286. The lowest BCUT2D eigenvalue weighted by molar-refractivity contribution is -0.115. The molecule has 1 saturated heterocycles. The predicted octanol–water partition coefficient (Wildman–Crippen LogP) is 3.03. The number of carbonyl (C=O) groups excluding carboxylic acids is 1. The Labute approximate surface area is 180 Å². The van der Waals surface area contributed by atoms with E-state index in [0.29, 0.717) is 26.3 Å². The topological polar surface area (TPSA) is 80.6 Å². The quantitative estimate of drug-likeness (QED) is 0.651. The molecule has 0 saturated carbocycles. The molecule has 1 N–H and O–H groups in total. The molecule has 2 heterocycles. The molecule has 2 aromatic carbocycles. The van der Waals surface area contributed by atoms with Crippen LogP contribution in [0.25, 0.3) is 10.9 Å². The first-order chi connectivity index (χ1) is 14.4. The van der Waals surface area contributed by atoms with E-state index in [9.17, 15) is 13.2 Å². The van der Waals surface area contributed by atoms with Crippen molar-refractivity contribution in [3.8, 4) is 0 Å². The highest BCUT2D eigenvalue weighted by atomic mass is 35.5. The zero-order chi connectivity index (χ0) is 21.3. The molecule has 158 valence electrons. The Morgan fingerprint density at radius 3 is 2.67 bits per heavy atom. The van der Waals surface area contributed by atoms with Crippen molar-refractivity contribution in [1.29, 1.82) is 0 Å². The number of morpholine rings is 1. The summed E-state index contributed by atoms with van der Waals surface area (Å²) in [5, 5.41) is 4.04. The Bertz CT molecular complexity index is 1200. The average Bonchev–Trinajstić information content (AvgIpc) is 3.05. The Balaban J connectivity index is 1.55. The summed E-state index contributed by atoms with van der Waals surface area (Å²) >= 11 is 6.23. The molecule has 4 rings (SSSR count). The lowest BCUT2D eigenvalue weighted by atomic mass is 10.1. The Morgan fingerprint density at radius 1 is 1.17 bits per heavy atom. The number of aryl methyl sites for hydroxylation is 1. The molecule has 0 bridgehead atoms. The van der Waals surface area contributed by atoms with E-state index in [-0.39, 0.29) is 27.9 Å². The van der Waals surface area contributed by atoms with E-state index in [0.717, 1.165) is 16.5 Å². The van der Waals surface area contributed by atoms with Gasteiger partial charge in [-0.25, -0.2) is 8.42 Å². The van der Waals surface area contributed by atoms with Gasteiger partial charge in [-0.15, -0.1) is 0 Å². The highest BCUT2D eigenvalue weighted by Crippen LogP contribution is 2.28. The fourth-order valence-electron chi connectivity index (χ4n) is 3.63. The molecule has 0 atom stereocenters. The van der Waals surface area contributed by atoms with E-state index < -0.39 is 10.0 Å². The number of sulfonamides is 1. The minimum atomic E-state index is -3.68. The van der Waals surface area contributed by atoms with E-state index in [1.54, 1.807) is 0 Å². The number of aromatic nitrogens is 1. The van der Waals surface area contributed by atoms with Crippen LogP contribution in [0, 0.1) is 0 Å². The first kappa shape index (κ1) is 20.9. The van der Waals surface area contributed by atoms with Crippen molar-refractivity contribution in [2.45, 2.75) is 11.3 Å². The molecule has 1 aliphatic heterocycles. The number of ether oxygens (including phenoxy) is 1. The standard InChI is InChI=1S/C21H22ClN3O4S/c1-24-14-15(17-4-2-3-5-20(17)24)12-21(26)23-19-13-16(6-7-18(19)22)30(27,28)25-8-10-29-11-9-25/h2-7,13-14H,8-12H2,1H3,(H,23,26). The van der Waals surface area contributed by atoms with Crippen LogP contribution in [0.1, 0.15) is 5.56 Å². The van der Waals surface area contributed by atoms with Crippen molar-refractivity contribution in [2.75, 3.05) is 31.6 Å². The summed E-state index contributed by atoms with van der Waals surface area (Å²) in [7, 11) is -1.75. The van der Waals surface area contributed by atoms with E-state index in [2.05, 4.69) is 5.32 Å². The highest BCUT2D eigenvalue weighted by molar-refractivity contribution is 7.89. The number of nitrogens with one attached hydrogen (secondary N) is 1. The maximum atomic E-state index is 12.9. The Hall–Kier alpha value is -2.39. The van der Waals surface area contributed by atoms with Gasteiger partial charge in [0.15, 0.2) is 0 Å². The lowest BCUT2D eigenvalue weighted by Crippen LogP contribution is -2.40. The first-order valence-corrected chi connectivity index (χ1v) is 11.4. The number of anilines is 1. The normalized spacial score (nSPS) is 15.4. The molecule has 9 heteroatoms. The molecule has 1 aliphatic rings. The van der Waals surface area contributed by atoms with Crippen molar-refractivity contribution in [3.63, 3.8) is 0 Å². The van der Waals surface area contributed by atoms with Gasteiger partial charge in [-0.3, -0.25) is 4.79 Å². The molecule has 30 heavy (non-hydrogen) atoms. The third-order valence-corrected chi connectivity index (χ3v) is 7.37. The molecular weight excluding hydrogens is 426 g/mol. The van der Waals surface area contributed by atoms with Crippen molar-refractivity contribution in [2.24, 2.45) is 7.05 Å². The number of nitrogens with zero attached hydrogens (tertiary/aromatic N) is 2. The van der Waals surface area contributed by atoms with Gasteiger partial charge in [0.1, 0.15) is 0 Å². The van der Waals surface area contributed by atoms with Crippen LogP contribution in [0.4, 0.5) is 5.69 Å². The Morgan fingerprint density at radius 2 is 1.90 bits per heavy atom. The van der Waals surface area contributed by atoms with Gasteiger partial charge in [0.25, 0.3) is 0 Å². The summed E-state index contributed by atoms with van der Waals surface area (Å²) in [6, 6.07) is 12.2. The number of amides is 1. The zero-order valence-electron chi connectivity index (χ0n) is 16.5. The second kappa shape index (κ2) is 8.39. The number of benzene rings is 2. The molecule has 0 radical (unpaired) electrons. The largest absolute Gasteiger partial charge is 0.379 e. The van der Waals surface area contributed by atoms with Crippen molar-refractivity contribution >= 4 is 44.1 Å². The van der Waals surface area contributed by atoms with Gasteiger partial charge in [0.2, 0.25) is 15.9 Å². The molecule has 3 aromatic rings. The molecule has 1 amide bonds. The van der Waals surface area contributed by atoms with Crippen LogP contribution in [0.2, 0.25) is 5.02 Å². The van der Waals surface area contributed by atoms with Crippen LogP contribution in [0.3, 0.4) is 0 Å². The molecule has 0 aliphatic carbocycles. The SMILES string of the molecule is Cn1cc(CC(=O)Nc2cc(S(=O)(=O)N3CCOCC3)ccc2Cl)c2ccccc21. The minimum Gasteiger partial charge on any atom is -0.379 e. The van der Waals surface area contributed by atoms with Crippen molar-refractivity contribution in [1.82, 2.24) is 8.87 Å². The van der Waals surface area contributed by atoms with Crippen LogP contribution in [0.5, 0.6) is 0 Å². The van der Waals surface area contributed by atoms with Gasteiger partial charge in [0, 0.05) is 37.2 Å². The zero-order valence-corrected chi connectivity index (χ0v) is 18.0. The van der Waals surface area contributed by atoms with Crippen molar-refractivity contribution in [3.05, 3.63) is 59.2 Å². The molecule has 1 aromatic heterocycles. The second-order valence-corrected chi connectivity index (χ2v) is 9.51. The van der Waals surface area contributed by atoms with Gasteiger partial charge < -0.3 is 14.6 Å². The van der Waals surface area contributed by atoms with E-state index in [1.807, 2.05) is 42.1 Å². The van der Waals surface area contributed by atoms with Crippen LogP contribution in [-0.2, 0) is 33.0 Å². The third-order valence-electron chi connectivity index (χ3n) is 5.15. The third kappa shape index (κ3) is 4.09. The van der Waals surface area contributed by atoms with Gasteiger partial charge in [0.05, 0.1) is 35.2 Å². The number of halogens is 1. The van der Waals surface area contributed by atoms with Crippen LogP contribution >= 0.6 is 11.6 Å². The highest BCUT2D eigenvalue weighted by Gasteiger charge is 2.27. The smallest absolute Gasteiger partial charge is 0.243 e. The van der Waals surface area contributed by atoms with Crippen molar-refractivity contribution < 1.29 is 17.9 Å². The fourth-order valence-corrected chi connectivity index (χ4v) is 5.23. The van der Waals surface area contributed by atoms with Crippen LogP contribution in [-0.4, -0.2) is 49.5 Å². The minimum absolute atomic E-state index is 0.0919. The molecule has 7 nitrogen and oxygen atoms in total.